The van der Waals surface area contributed by atoms with Crippen molar-refractivity contribution < 1.29 is 14.3 Å². The summed E-state index contributed by atoms with van der Waals surface area (Å²) in [5.74, 6) is 2.76. The Morgan fingerprint density at radius 1 is 0.972 bits per heavy atom. The number of methoxy groups -OCH3 is 2. The number of aromatic nitrogens is 2. The van der Waals surface area contributed by atoms with Gasteiger partial charge in [0.05, 0.1) is 31.7 Å². The molecule has 1 unspecified atom stereocenters. The lowest BCUT2D eigenvalue weighted by atomic mass is 9.98. The molecule has 0 aliphatic rings. The fourth-order valence-corrected chi connectivity index (χ4v) is 4.41. The molecule has 0 aliphatic carbocycles. The van der Waals surface area contributed by atoms with Gasteiger partial charge in [-0.3, -0.25) is 4.79 Å². The first kappa shape index (κ1) is 25.3. The summed E-state index contributed by atoms with van der Waals surface area (Å²) in [6, 6.07) is 22.6. The molecule has 4 rings (SSSR count). The molecule has 0 saturated carbocycles. The van der Waals surface area contributed by atoms with Crippen molar-refractivity contribution in [1.82, 2.24) is 14.9 Å². The largest absolute Gasteiger partial charge is 0.493 e. The zero-order valence-electron chi connectivity index (χ0n) is 21.6. The fraction of sp³-hybridized carbons (Fsp3) is 0.333. The molecule has 1 heterocycles. The monoisotopic (exact) mass is 485 g/mol. The summed E-state index contributed by atoms with van der Waals surface area (Å²) in [7, 11) is 3.19. The van der Waals surface area contributed by atoms with Gasteiger partial charge in [0.15, 0.2) is 11.5 Å². The van der Waals surface area contributed by atoms with Crippen LogP contribution in [0.5, 0.6) is 11.5 Å². The van der Waals surface area contributed by atoms with E-state index in [1.54, 1.807) is 14.2 Å². The molecule has 188 valence electrons. The van der Waals surface area contributed by atoms with Gasteiger partial charge in [-0.25, -0.2) is 4.98 Å². The molecule has 1 atom stereocenters. The number of hydrogen-bond acceptors (Lipinski definition) is 4. The Bertz CT molecular complexity index is 1310. The summed E-state index contributed by atoms with van der Waals surface area (Å²) in [5, 5.41) is 3.04. The molecule has 6 nitrogen and oxygen atoms in total. The SMILES string of the molecule is CCC(C)c1ccc(Cn2c(CCNC(=O)Cc3ccc(OC)c(OC)c3)nc3ccccc32)cc1. The molecule has 0 saturated heterocycles. The predicted molar refractivity (Wildman–Crippen MR) is 144 cm³/mol. The van der Waals surface area contributed by atoms with E-state index in [9.17, 15) is 4.79 Å². The van der Waals surface area contributed by atoms with E-state index < -0.39 is 0 Å². The summed E-state index contributed by atoms with van der Waals surface area (Å²) < 4.78 is 12.9. The molecule has 0 aliphatic heterocycles. The number of nitrogens with zero attached hydrogens (tertiary/aromatic N) is 2. The van der Waals surface area contributed by atoms with Crippen LogP contribution in [-0.4, -0.2) is 36.2 Å². The summed E-state index contributed by atoms with van der Waals surface area (Å²) in [4.78, 5) is 17.5. The number of carbonyl (C=O) groups excluding carboxylic acids is 1. The van der Waals surface area contributed by atoms with Crippen LogP contribution >= 0.6 is 0 Å². The third-order valence-corrected chi connectivity index (χ3v) is 6.72. The molecule has 36 heavy (non-hydrogen) atoms. The summed E-state index contributed by atoms with van der Waals surface area (Å²) >= 11 is 0. The van der Waals surface area contributed by atoms with Crippen molar-refractivity contribution in [2.24, 2.45) is 0 Å². The van der Waals surface area contributed by atoms with Crippen LogP contribution in [-0.2, 0) is 24.2 Å². The predicted octanol–water partition coefficient (Wildman–Crippen LogP) is 5.52. The Morgan fingerprint density at radius 2 is 1.69 bits per heavy atom. The number of ether oxygens (including phenoxy) is 2. The van der Waals surface area contributed by atoms with Crippen molar-refractivity contribution in [2.45, 2.75) is 45.6 Å². The lowest BCUT2D eigenvalue weighted by Gasteiger charge is -2.13. The number of benzene rings is 3. The van der Waals surface area contributed by atoms with E-state index in [0.29, 0.717) is 30.4 Å². The fourth-order valence-electron chi connectivity index (χ4n) is 4.41. The molecule has 0 fully saturated rings. The minimum atomic E-state index is -0.0366. The second-order valence-corrected chi connectivity index (χ2v) is 9.12. The normalized spacial score (nSPS) is 11.9. The Morgan fingerprint density at radius 3 is 2.42 bits per heavy atom. The van der Waals surface area contributed by atoms with Crippen molar-refractivity contribution >= 4 is 16.9 Å². The summed E-state index contributed by atoms with van der Waals surface area (Å²) in [6.07, 6.45) is 2.06. The van der Waals surface area contributed by atoms with Crippen LogP contribution in [0.1, 0.15) is 48.7 Å². The summed E-state index contributed by atoms with van der Waals surface area (Å²) in [6.45, 7) is 5.74. The van der Waals surface area contributed by atoms with Gasteiger partial charge in [0.1, 0.15) is 5.82 Å². The van der Waals surface area contributed by atoms with Crippen LogP contribution in [0, 0.1) is 0 Å². The van der Waals surface area contributed by atoms with E-state index >= 15 is 0 Å². The van der Waals surface area contributed by atoms with Crippen LogP contribution in [0.15, 0.2) is 66.7 Å². The molecule has 3 aromatic carbocycles. The van der Waals surface area contributed by atoms with Gasteiger partial charge < -0.3 is 19.4 Å². The van der Waals surface area contributed by atoms with Gasteiger partial charge in [0, 0.05) is 19.5 Å². The highest BCUT2D eigenvalue weighted by Crippen LogP contribution is 2.27. The zero-order chi connectivity index (χ0) is 25.5. The minimum Gasteiger partial charge on any atom is -0.493 e. The molecular formula is C30H35N3O3. The maximum absolute atomic E-state index is 12.6. The molecule has 4 aromatic rings. The van der Waals surface area contributed by atoms with Gasteiger partial charge in [-0.05, 0) is 53.3 Å². The van der Waals surface area contributed by atoms with Crippen LogP contribution in [0.4, 0.5) is 0 Å². The highest BCUT2D eigenvalue weighted by atomic mass is 16.5. The molecule has 0 radical (unpaired) electrons. The van der Waals surface area contributed by atoms with E-state index in [-0.39, 0.29) is 12.3 Å². The van der Waals surface area contributed by atoms with Crippen LogP contribution in [0.2, 0.25) is 0 Å². The maximum atomic E-state index is 12.6. The molecule has 1 aromatic heterocycles. The molecule has 1 amide bonds. The number of carbonyl (C=O) groups is 1. The van der Waals surface area contributed by atoms with Gasteiger partial charge in [0.25, 0.3) is 0 Å². The number of nitrogens with one attached hydrogen (secondary N) is 1. The molecule has 0 spiro atoms. The topological polar surface area (TPSA) is 65.4 Å². The Labute approximate surface area is 213 Å². The Hall–Kier alpha value is -3.80. The highest BCUT2D eigenvalue weighted by molar-refractivity contribution is 5.79. The van der Waals surface area contributed by atoms with Crippen LogP contribution < -0.4 is 14.8 Å². The van der Waals surface area contributed by atoms with Crippen molar-refractivity contribution in [3.63, 3.8) is 0 Å². The van der Waals surface area contributed by atoms with Crippen molar-refractivity contribution in [3.8, 4) is 11.5 Å². The number of fused-ring (bicyclic) bond motifs is 1. The van der Waals surface area contributed by atoms with Gasteiger partial charge in [0.2, 0.25) is 5.91 Å². The number of amides is 1. The quantitative estimate of drug-likeness (QED) is 0.304. The third kappa shape index (κ3) is 5.88. The zero-order valence-corrected chi connectivity index (χ0v) is 21.6. The molecule has 1 N–H and O–H groups in total. The van der Waals surface area contributed by atoms with Gasteiger partial charge in [-0.1, -0.05) is 56.3 Å². The van der Waals surface area contributed by atoms with Gasteiger partial charge in [-0.2, -0.15) is 0 Å². The van der Waals surface area contributed by atoms with E-state index in [2.05, 4.69) is 54.1 Å². The van der Waals surface area contributed by atoms with Crippen molar-refractivity contribution in [2.75, 3.05) is 20.8 Å². The lowest BCUT2D eigenvalue weighted by molar-refractivity contribution is -0.120. The molecule has 6 heteroatoms. The van der Waals surface area contributed by atoms with E-state index in [1.165, 1.54) is 11.1 Å². The smallest absolute Gasteiger partial charge is 0.224 e. The average Bonchev–Trinajstić information content (AvgIpc) is 3.25. The standard InChI is InChI=1S/C30H35N3O3/c1-5-21(2)24-13-10-22(11-14-24)20-33-26-9-7-6-8-25(26)32-29(33)16-17-31-30(34)19-23-12-15-27(35-3)28(18-23)36-4/h6-15,18,21H,5,16-17,19-20H2,1-4H3,(H,31,34). The van der Waals surface area contributed by atoms with E-state index in [4.69, 9.17) is 14.5 Å². The lowest BCUT2D eigenvalue weighted by Crippen LogP contribution is -2.28. The maximum Gasteiger partial charge on any atom is 0.224 e. The Balaban J connectivity index is 1.43. The van der Waals surface area contributed by atoms with Crippen molar-refractivity contribution in [1.29, 1.82) is 0 Å². The highest BCUT2D eigenvalue weighted by Gasteiger charge is 2.13. The number of hydrogen-bond donors (Lipinski definition) is 1. The first-order chi connectivity index (χ1) is 17.5. The number of para-hydroxylation sites is 2. The number of rotatable bonds is 11. The molecular weight excluding hydrogens is 450 g/mol. The first-order valence-corrected chi connectivity index (χ1v) is 12.5. The number of imidazole rings is 1. The second-order valence-electron chi connectivity index (χ2n) is 9.12. The van der Waals surface area contributed by atoms with E-state index in [0.717, 1.165) is 35.4 Å². The second kappa shape index (κ2) is 11.8. The van der Waals surface area contributed by atoms with Crippen LogP contribution in [0.3, 0.4) is 0 Å². The van der Waals surface area contributed by atoms with Gasteiger partial charge >= 0.3 is 0 Å². The van der Waals surface area contributed by atoms with E-state index in [1.807, 2.05) is 36.4 Å². The Kier molecular flexibility index (Phi) is 8.26. The van der Waals surface area contributed by atoms with Gasteiger partial charge in [-0.15, -0.1) is 0 Å². The average molecular weight is 486 g/mol. The minimum absolute atomic E-state index is 0.0366. The summed E-state index contributed by atoms with van der Waals surface area (Å²) in [5.41, 5.74) is 5.56. The van der Waals surface area contributed by atoms with Crippen LogP contribution in [0.25, 0.3) is 11.0 Å². The molecule has 0 bridgehead atoms. The first-order valence-electron chi connectivity index (χ1n) is 12.5. The van der Waals surface area contributed by atoms with Crippen molar-refractivity contribution in [3.05, 3.63) is 89.2 Å². The third-order valence-electron chi connectivity index (χ3n) is 6.72.